The second-order valence-corrected chi connectivity index (χ2v) is 5.25. The van der Waals surface area contributed by atoms with Crippen LogP contribution in [0.25, 0.3) is 0 Å². The second-order valence-electron chi connectivity index (χ2n) is 3.61. The van der Waals surface area contributed by atoms with Crippen LogP contribution in [0.15, 0.2) is 33.6 Å². The summed E-state index contributed by atoms with van der Waals surface area (Å²) in [5.41, 5.74) is 3.49. The quantitative estimate of drug-likeness (QED) is 0.676. The van der Waals surface area contributed by atoms with Crippen LogP contribution in [0.3, 0.4) is 0 Å². The number of nitro groups is 1. The van der Waals surface area contributed by atoms with E-state index in [2.05, 4.69) is 26.2 Å². The van der Waals surface area contributed by atoms with E-state index in [-0.39, 0.29) is 10.6 Å². The van der Waals surface area contributed by atoms with Crippen molar-refractivity contribution in [2.24, 2.45) is 0 Å². The minimum Gasteiger partial charge on any atom is -0.307 e. The number of nitrogens with one attached hydrogen (secondary N) is 1. The molecule has 0 unspecified atom stereocenters. The first kappa shape index (κ1) is 13.1. The Hall–Kier alpha value is -1.31. The van der Waals surface area contributed by atoms with E-state index in [1.54, 1.807) is 17.6 Å². The van der Waals surface area contributed by atoms with Crippen molar-refractivity contribution < 1.29 is 4.92 Å². The molecule has 1 N–H and O–H groups in total. The van der Waals surface area contributed by atoms with Crippen molar-refractivity contribution in [1.29, 1.82) is 0 Å². The van der Waals surface area contributed by atoms with Crippen molar-refractivity contribution in [3.63, 3.8) is 0 Å². The highest BCUT2D eigenvalue weighted by Crippen LogP contribution is 2.23. The molecule has 0 aliphatic carbocycles. The van der Waals surface area contributed by atoms with Gasteiger partial charge in [-0.05, 0) is 12.1 Å². The Balaban J connectivity index is 2.02. The highest BCUT2D eigenvalue weighted by Gasteiger charge is 2.13. The molecule has 0 aliphatic rings. The Morgan fingerprint density at radius 3 is 2.94 bits per heavy atom. The fraction of sp³-hybridized carbons (Fsp3) is 0.182. The summed E-state index contributed by atoms with van der Waals surface area (Å²) in [6.45, 7) is 1.05. The Bertz CT molecular complexity index is 545. The Labute approximate surface area is 116 Å². The van der Waals surface area contributed by atoms with Gasteiger partial charge >= 0.3 is 0 Å². The molecule has 1 aromatic carbocycles. The number of benzene rings is 1. The van der Waals surface area contributed by atoms with Gasteiger partial charge in [-0.2, -0.15) is 0 Å². The number of nitro benzene ring substituents is 1. The molecule has 18 heavy (non-hydrogen) atoms. The average molecular weight is 328 g/mol. The fourth-order valence-corrected chi connectivity index (χ4v) is 2.41. The predicted molar refractivity (Wildman–Crippen MR) is 73.5 cm³/mol. The van der Waals surface area contributed by atoms with E-state index in [1.165, 1.54) is 17.4 Å². The largest absolute Gasteiger partial charge is 0.307 e. The van der Waals surface area contributed by atoms with Gasteiger partial charge in [-0.3, -0.25) is 10.1 Å². The number of aromatic nitrogens is 1. The molecule has 0 radical (unpaired) electrons. The molecule has 2 rings (SSSR count). The predicted octanol–water partition coefficient (Wildman–Crippen LogP) is 3.10. The summed E-state index contributed by atoms with van der Waals surface area (Å²) in [5, 5.41) is 16.0. The molecule has 2 aromatic rings. The van der Waals surface area contributed by atoms with E-state index in [1.807, 2.05) is 5.38 Å². The smallest absolute Gasteiger partial charge is 0.275 e. The van der Waals surface area contributed by atoms with Gasteiger partial charge in [0, 0.05) is 34.6 Å². The highest BCUT2D eigenvalue weighted by molar-refractivity contribution is 9.10. The maximum absolute atomic E-state index is 10.9. The van der Waals surface area contributed by atoms with Crippen LogP contribution < -0.4 is 5.32 Å². The number of hydrogen-bond acceptors (Lipinski definition) is 5. The van der Waals surface area contributed by atoms with Gasteiger partial charge in [-0.15, -0.1) is 11.3 Å². The van der Waals surface area contributed by atoms with E-state index in [0.717, 1.165) is 5.69 Å². The van der Waals surface area contributed by atoms with Gasteiger partial charge in [-0.25, -0.2) is 4.98 Å². The Kier molecular flexibility index (Phi) is 4.40. The molecule has 0 spiro atoms. The van der Waals surface area contributed by atoms with Crippen molar-refractivity contribution in [3.05, 3.63) is 54.9 Å². The first-order chi connectivity index (χ1) is 8.66. The summed E-state index contributed by atoms with van der Waals surface area (Å²) in [6, 6.07) is 5.06. The molecule has 5 nitrogen and oxygen atoms in total. The molecular formula is C11H10BrN3O2S. The van der Waals surface area contributed by atoms with Crippen LogP contribution in [0.4, 0.5) is 5.69 Å². The first-order valence-corrected chi connectivity index (χ1v) is 6.91. The molecule has 0 saturated carbocycles. The third-order valence-electron chi connectivity index (χ3n) is 2.35. The summed E-state index contributed by atoms with van der Waals surface area (Å²) in [6.07, 6.45) is 0. The maximum Gasteiger partial charge on any atom is 0.275 e. The standard InChI is InChI=1S/C11H10BrN3O2S/c12-9-2-1-8(11(3-9)15(16)17)4-13-5-10-6-18-7-14-10/h1-3,6-7,13H,4-5H2. The van der Waals surface area contributed by atoms with Crippen molar-refractivity contribution in [2.45, 2.75) is 13.1 Å². The molecule has 0 aliphatic heterocycles. The Morgan fingerprint density at radius 1 is 1.44 bits per heavy atom. The molecule has 0 atom stereocenters. The third-order valence-corrected chi connectivity index (χ3v) is 3.48. The lowest BCUT2D eigenvalue weighted by Gasteiger charge is -2.04. The zero-order valence-electron chi connectivity index (χ0n) is 9.30. The van der Waals surface area contributed by atoms with Crippen LogP contribution in [0.2, 0.25) is 0 Å². The summed E-state index contributed by atoms with van der Waals surface area (Å²) in [7, 11) is 0. The molecule has 7 heteroatoms. The van der Waals surface area contributed by atoms with Crippen LogP contribution in [0.5, 0.6) is 0 Å². The van der Waals surface area contributed by atoms with Gasteiger partial charge in [-0.1, -0.05) is 15.9 Å². The van der Waals surface area contributed by atoms with E-state index in [9.17, 15) is 10.1 Å². The number of hydrogen-bond donors (Lipinski definition) is 1. The Morgan fingerprint density at radius 2 is 2.28 bits per heavy atom. The molecule has 0 fully saturated rings. The van der Waals surface area contributed by atoms with Crippen molar-refractivity contribution >= 4 is 33.0 Å². The molecular weight excluding hydrogens is 318 g/mol. The zero-order chi connectivity index (χ0) is 13.0. The van der Waals surface area contributed by atoms with Crippen LogP contribution in [0.1, 0.15) is 11.3 Å². The number of nitrogens with zero attached hydrogens (tertiary/aromatic N) is 2. The normalized spacial score (nSPS) is 10.5. The fourth-order valence-electron chi connectivity index (χ4n) is 1.51. The summed E-state index contributed by atoms with van der Waals surface area (Å²) in [4.78, 5) is 14.7. The molecule has 94 valence electrons. The maximum atomic E-state index is 10.9. The van der Waals surface area contributed by atoms with Crippen LogP contribution in [-0.2, 0) is 13.1 Å². The van der Waals surface area contributed by atoms with Gasteiger partial charge in [0.05, 0.1) is 16.1 Å². The van der Waals surface area contributed by atoms with Gasteiger partial charge in [0.2, 0.25) is 0 Å². The molecule has 1 aromatic heterocycles. The summed E-state index contributed by atoms with van der Waals surface area (Å²) < 4.78 is 0.706. The molecule has 0 amide bonds. The van der Waals surface area contributed by atoms with Crippen LogP contribution >= 0.6 is 27.3 Å². The van der Waals surface area contributed by atoms with Gasteiger partial charge in [0.1, 0.15) is 0 Å². The average Bonchev–Trinajstić information content (AvgIpc) is 2.84. The lowest BCUT2D eigenvalue weighted by Crippen LogP contribution is -2.14. The lowest BCUT2D eigenvalue weighted by atomic mass is 10.2. The van der Waals surface area contributed by atoms with Gasteiger partial charge in [0.25, 0.3) is 5.69 Å². The van der Waals surface area contributed by atoms with Gasteiger partial charge < -0.3 is 5.32 Å². The number of thiazole rings is 1. The van der Waals surface area contributed by atoms with Crippen molar-refractivity contribution in [3.8, 4) is 0 Å². The summed E-state index contributed by atoms with van der Waals surface area (Å²) in [5.74, 6) is 0. The van der Waals surface area contributed by atoms with Crippen molar-refractivity contribution in [2.75, 3.05) is 0 Å². The highest BCUT2D eigenvalue weighted by atomic mass is 79.9. The topological polar surface area (TPSA) is 68.1 Å². The van der Waals surface area contributed by atoms with E-state index < -0.39 is 0 Å². The molecule has 1 heterocycles. The first-order valence-electron chi connectivity index (χ1n) is 5.17. The third kappa shape index (κ3) is 3.34. The molecule has 0 bridgehead atoms. The SMILES string of the molecule is O=[N+]([O-])c1cc(Br)ccc1CNCc1cscn1. The van der Waals surface area contributed by atoms with E-state index in [0.29, 0.717) is 23.1 Å². The van der Waals surface area contributed by atoms with E-state index >= 15 is 0 Å². The minimum absolute atomic E-state index is 0.121. The minimum atomic E-state index is -0.370. The van der Waals surface area contributed by atoms with Crippen LogP contribution in [0, 0.1) is 10.1 Å². The van der Waals surface area contributed by atoms with Gasteiger partial charge in [0.15, 0.2) is 0 Å². The number of halogens is 1. The zero-order valence-corrected chi connectivity index (χ0v) is 11.7. The molecule has 0 saturated heterocycles. The monoisotopic (exact) mass is 327 g/mol. The van der Waals surface area contributed by atoms with Crippen LogP contribution in [-0.4, -0.2) is 9.91 Å². The van der Waals surface area contributed by atoms with E-state index in [4.69, 9.17) is 0 Å². The summed E-state index contributed by atoms with van der Waals surface area (Å²) >= 11 is 4.76. The number of rotatable bonds is 5. The second kappa shape index (κ2) is 6.03. The van der Waals surface area contributed by atoms with Crippen molar-refractivity contribution in [1.82, 2.24) is 10.3 Å². The lowest BCUT2D eigenvalue weighted by molar-refractivity contribution is -0.385.